The maximum atomic E-state index is 10.9. The zero-order valence-corrected chi connectivity index (χ0v) is 8.63. The first-order chi connectivity index (χ1) is 6.07. The Morgan fingerprint density at radius 2 is 2.15 bits per heavy atom. The summed E-state index contributed by atoms with van der Waals surface area (Å²) in [6.07, 6.45) is 3.05. The van der Waals surface area contributed by atoms with Gasteiger partial charge in [0, 0.05) is 5.57 Å². The molecule has 76 valence electrons. The van der Waals surface area contributed by atoms with Crippen molar-refractivity contribution in [1.29, 1.82) is 0 Å². The Kier molecular flexibility index (Phi) is 6.24. The summed E-state index contributed by atoms with van der Waals surface area (Å²) in [4.78, 5) is 20.3. The van der Waals surface area contributed by atoms with Gasteiger partial charge >= 0.3 is 5.97 Å². The molecule has 0 heterocycles. The number of rotatable bonds is 6. The van der Waals surface area contributed by atoms with Crippen molar-refractivity contribution in [3.05, 3.63) is 12.2 Å². The fourth-order valence-corrected chi connectivity index (χ4v) is 0.737. The van der Waals surface area contributed by atoms with E-state index < -0.39 is 5.97 Å². The van der Waals surface area contributed by atoms with Crippen LogP contribution < -0.4 is 0 Å². The van der Waals surface area contributed by atoms with Crippen molar-refractivity contribution in [1.82, 2.24) is 0 Å². The molecule has 1 unspecified atom stereocenters. The van der Waals surface area contributed by atoms with Crippen LogP contribution in [0.15, 0.2) is 12.2 Å². The molecule has 0 fully saturated rings. The third-order valence-corrected chi connectivity index (χ3v) is 1.60. The minimum atomic E-state index is -0.497. The van der Waals surface area contributed by atoms with Gasteiger partial charge in [-0.25, -0.2) is 4.79 Å². The summed E-state index contributed by atoms with van der Waals surface area (Å²) in [5, 5.41) is 0. The second-order valence-electron chi connectivity index (χ2n) is 3.20. The van der Waals surface area contributed by atoms with Crippen LogP contribution in [0.25, 0.3) is 0 Å². The van der Waals surface area contributed by atoms with E-state index >= 15 is 0 Å². The summed E-state index contributed by atoms with van der Waals surface area (Å²) in [6.45, 7) is 9.01. The molecule has 0 saturated heterocycles. The molecule has 0 aliphatic heterocycles. The van der Waals surface area contributed by atoms with Gasteiger partial charge in [0.1, 0.15) is 6.10 Å². The molecule has 0 radical (unpaired) electrons. The lowest BCUT2D eigenvalue weighted by atomic mass is 10.2. The van der Waals surface area contributed by atoms with Crippen LogP contribution in [-0.2, 0) is 14.6 Å². The highest BCUT2D eigenvalue weighted by Gasteiger charge is 2.08. The Balaban J connectivity index is 3.51. The summed E-state index contributed by atoms with van der Waals surface area (Å²) in [7, 11) is 0. The van der Waals surface area contributed by atoms with Crippen LogP contribution in [0.2, 0.25) is 0 Å². The molecule has 3 heteroatoms. The number of hydrogen-bond donors (Lipinski definition) is 0. The van der Waals surface area contributed by atoms with E-state index in [1.807, 2.05) is 6.92 Å². The highest BCUT2D eigenvalue weighted by atomic mass is 17.2. The third-order valence-electron chi connectivity index (χ3n) is 1.60. The predicted molar refractivity (Wildman–Crippen MR) is 51.0 cm³/mol. The zero-order valence-electron chi connectivity index (χ0n) is 8.63. The molecular formula is C10H18O3. The van der Waals surface area contributed by atoms with Crippen molar-refractivity contribution in [3.63, 3.8) is 0 Å². The first kappa shape index (κ1) is 12.2. The largest absolute Gasteiger partial charge is 0.368 e. The Labute approximate surface area is 79.7 Å². The van der Waals surface area contributed by atoms with Gasteiger partial charge in [0.05, 0.1) is 0 Å². The highest BCUT2D eigenvalue weighted by Crippen LogP contribution is 2.05. The van der Waals surface area contributed by atoms with Crippen molar-refractivity contribution in [2.24, 2.45) is 0 Å². The van der Waals surface area contributed by atoms with E-state index in [4.69, 9.17) is 4.89 Å². The topological polar surface area (TPSA) is 35.5 Å². The van der Waals surface area contributed by atoms with Crippen LogP contribution >= 0.6 is 0 Å². The number of carbonyl (C=O) groups excluding carboxylic acids is 1. The van der Waals surface area contributed by atoms with Gasteiger partial charge in [-0.3, -0.25) is 4.89 Å². The second kappa shape index (κ2) is 6.66. The number of carbonyl (C=O) groups is 1. The van der Waals surface area contributed by atoms with E-state index in [2.05, 4.69) is 18.4 Å². The SMILES string of the molecule is C=C(C)C(=O)OOC(C)CCCC. The van der Waals surface area contributed by atoms with E-state index in [0.717, 1.165) is 19.3 Å². The van der Waals surface area contributed by atoms with Crippen LogP contribution in [-0.4, -0.2) is 12.1 Å². The lowest BCUT2D eigenvalue weighted by Gasteiger charge is -2.09. The van der Waals surface area contributed by atoms with Crippen molar-refractivity contribution >= 4 is 5.97 Å². The van der Waals surface area contributed by atoms with Crippen molar-refractivity contribution in [3.8, 4) is 0 Å². The van der Waals surface area contributed by atoms with Gasteiger partial charge < -0.3 is 0 Å². The lowest BCUT2D eigenvalue weighted by molar-refractivity contribution is -0.292. The average molecular weight is 186 g/mol. The summed E-state index contributed by atoms with van der Waals surface area (Å²) in [5.74, 6) is -0.497. The first-order valence-corrected chi connectivity index (χ1v) is 4.61. The maximum absolute atomic E-state index is 10.9. The fraction of sp³-hybridized carbons (Fsp3) is 0.700. The van der Waals surface area contributed by atoms with Crippen LogP contribution in [0.4, 0.5) is 0 Å². The molecule has 0 N–H and O–H groups in total. The molecule has 0 saturated carbocycles. The Morgan fingerprint density at radius 3 is 2.62 bits per heavy atom. The molecule has 0 aromatic heterocycles. The summed E-state index contributed by atoms with van der Waals surface area (Å²) < 4.78 is 0. The summed E-state index contributed by atoms with van der Waals surface area (Å²) in [5.41, 5.74) is 0.350. The van der Waals surface area contributed by atoms with Gasteiger partial charge in [-0.2, -0.15) is 4.89 Å². The molecule has 1 atom stereocenters. The van der Waals surface area contributed by atoms with Crippen LogP contribution in [0.3, 0.4) is 0 Å². The molecule has 0 spiro atoms. The molecule has 0 aliphatic carbocycles. The zero-order chi connectivity index (χ0) is 10.3. The standard InChI is InChI=1S/C10H18O3/c1-5-6-7-9(4)12-13-10(11)8(2)3/h9H,2,5-7H2,1,3-4H3. The third kappa shape index (κ3) is 6.34. The molecule has 0 rings (SSSR count). The molecule has 0 aromatic carbocycles. The molecule has 0 bridgehead atoms. The Hall–Kier alpha value is -0.830. The molecule has 0 amide bonds. The monoisotopic (exact) mass is 186 g/mol. The van der Waals surface area contributed by atoms with Gasteiger partial charge in [0.25, 0.3) is 0 Å². The van der Waals surface area contributed by atoms with Gasteiger partial charge in [-0.1, -0.05) is 26.3 Å². The molecule has 3 nitrogen and oxygen atoms in total. The maximum Gasteiger partial charge on any atom is 0.368 e. The van der Waals surface area contributed by atoms with Gasteiger partial charge in [0.15, 0.2) is 0 Å². The smallest absolute Gasteiger partial charge is 0.293 e. The summed E-state index contributed by atoms with van der Waals surface area (Å²) >= 11 is 0. The fourth-order valence-electron chi connectivity index (χ4n) is 0.737. The average Bonchev–Trinajstić information content (AvgIpc) is 2.10. The Morgan fingerprint density at radius 1 is 1.54 bits per heavy atom. The van der Waals surface area contributed by atoms with E-state index in [0.29, 0.717) is 5.57 Å². The van der Waals surface area contributed by atoms with E-state index in [1.165, 1.54) is 0 Å². The molecule has 0 aliphatic rings. The van der Waals surface area contributed by atoms with Crippen molar-refractivity contribution in [2.45, 2.75) is 46.1 Å². The van der Waals surface area contributed by atoms with Crippen molar-refractivity contribution < 1.29 is 14.6 Å². The number of hydrogen-bond acceptors (Lipinski definition) is 3. The lowest BCUT2D eigenvalue weighted by Crippen LogP contribution is -2.13. The van der Waals surface area contributed by atoms with Gasteiger partial charge in [-0.05, 0) is 20.3 Å². The highest BCUT2D eigenvalue weighted by molar-refractivity contribution is 5.86. The van der Waals surface area contributed by atoms with Gasteiger partial charge in [-0.15, -0.1) is 0 Å². The first-order valence-electron chi connectivity index (χ1n) is 4.61. The van der Waals surface area contributed by atoms with Crippen LogP contribution in [0.5, 0.6) is 0 Å². The molecule has 0 aromatic rings. The second-order valence-corrected chi connectivity index (χ2v) is 3.20. The molecular weight excluding hydrogens is 168 g/mol. The van der Waals surface area contributed by atoms with E-state index in [9.17, 15) is 4.79 Å². The van der Waals surface area contributed by atoms with E-state index in [1.54, 1.807) is 6.92 Å². The summed E-state index contributed by atoms with van der Waals surface area (Å²) in [6, 6.07) is 0. The Bertz CT molecular complexity index is 175. The van der Waals surface area contributed by atoms with Crippen molar-refractivity contribution in [2.75, 3.05) is 0 Å². The van der Waals surface area contributed by atoms with Crippen LogP contribution in [0.1, 0.15) is 40.0 Å². The quantitative estimate of drug-likeness (QED) is 0.363. The minimum absolute atomic E-state index is 0.0387. The molecule has 13 heavy (non-hydrogen) atoms. The van der Waals surface area contributed by atoms with E-state index in [-0.39, 0.29) is 6.10 Å². The van der Waals surface area contributed by atoms with Crippen LogP contribution in [0, 0.1) is 0 Å². The van der Waals surface area contributed by atoms with Gasteiger partial charge in [0.2, 0.25) is 0 Å². The number of unbranched alkanes of at least 4 members (excludes halogenated alkanes) is 1. The predicted octanol–water partition coefficient (Wildman–Crippen LogP) is 2.62. The minimum Gasteiger partial charge on any atom is -0.293 e. The normalized spacial score (nSPS) is 12.2.